The standard InChI is InChI=1S/C18H13ClF2N2O3/c1-25-12-4-6-14-10(8-12)2-5-15(23-14)17(24)22-11-3-7-16(13(19)9-11)26-18(20)21/h2-9,18H,1H3,(H,22,24). The first-order valence-corrected chi connectivity index (χ1v) is 7.84. The van der Waals surface area contributed by atoms with Crippen molar-refractivity contribution in [1.29, 1.82) is 0 Å². The Morgan fingerprint density at radius 3 is 2.65 bits per heavy atom. The van der Waals surface area contributed by atoms with E-state index in [0.29, 0.717) is 17.0 Å². The molecule has 0 fully saturated rings. The summed E-state index contributed by atoms with van der Waals surface area (Å²) in [6.45, 7) is -2.98. The second-order valence-electron chi connectivity index (χ2n) is 5.23. The summed E-state index contributed by atoms with van der Waals surface area (Å²) in [6.07, 6.45) is 0. The molecule has 1 aromatic heterocycles. The summed E-state index contributed by atoms with van der Waals surface area (Å²) >= 11 is 5.87. The fraction of sp³-hybridized carbons (Fsp3) is 0.111. The minimum Gasteiger partial charge on any atom is -0.497 e. The fourth-order valence-corrected chi connectivity index (χ4v) is 2.55. The van der Waals surface area contributed by atoms with Gasteiger partial charge in [0.05, 0.1) is 17.6 Å². The van der Waals surface area contributed by atoms with Gasteiger partial charge in [0.15, 0.2) is 0 Å². The van der Waals surface area contributed by atoms with Crippen LogP contribution in [0.5, 0.6) is 11.5 Å². The van der Waals surface area contributed by atoms with E-state index in [1.165, 1.54) is 18.2 Å². The van der Waals surface area contributed by atoms with Crippen molar-refractivity contribution in [2.45, 2.75) is 6.61 Å². The van der Waals surface area contributed by atoms with E-state index in [9.17, 15) is 13.6 Å². The average molecular weight is 379 g/mol. The molecule has 26 heavy (non-hydrogen) atoms. The average Bonchev–Trinajstić information content (AvgIpc) is 2.62. The Morgan fingerprint density at radius 2 is 1.96 bits per heavy atom. The van der Waals surface area contributed by atoms with Crippen LogP contribution in [0.1, 0.15) is 10.5 Å². The van der Waals surface area contributed by atoms with Gasteiger partial charge in [-0.25, -0.2) is 4.98 Å². The van der Waals surface area contributed by atoms with Gasteiger partial charge < -0.3 is 14.8 Å². The van der Waals surface area contributed by atoms with Crippen molar-refractivity contribution in [2.24, 2.45) is 0 Å². The fourth-order valence-electron chi connectivity index (χ4n) is 2.32. The number of hydrogen-bond donors (Lipinski definition) is 1. The molecule has 1 N–H and O–H groups in total. The number of halogens is 3. The lowest BCUT2D eigenvalue weighted by molar-refractivity contribution is -0.0497. The lowest BCUT2D eigenvalue weighted by atomic mass is 10.2. The zero-order valence-corrected chi connectivity index (χ0v) is 14.3. The van der Waals surface area contributed by atoms with E-state index in [-0.39, 0.29) is 16.5 Å². The van der Waals surface area contributed by atoms with Gasteiger partial charge in [-0.3, -0.25) is 4.79 Å². The number of nitrogens with one attached hydrogen (secondary N) is 1. The third-order valence-electron chi connectivity index (χ3n) is 3.53. The number of carbonyl (C=O) groups is 1. The van der Waals surface area contributed by atoms with Crippen LogP contribution >= 0.6 is 11.6 Å². The second-order valence-corrected chi connectivity index (χ2v) is 5.64. The molecular weight excluding hydrogens is 366 g/mol. The lowest BCUT2D eigenvalue weighted by Gasteiger charge is -2.10. The maximum Gasteiger partial charge on any atom is 0.387 e. The van der Waals surface area contributed by atoms with Crippen molar-refractivity contribution in [1.82, 2.24) is 4.98 Å². The lowest BCUT2D eigenvalue weighted by Crippen LogP contribution is -2.13. The highest BCUT2D eigenvalue weighted by atomic mass is 35.5. The van der Waals surface area contributed by atoms with E-state index in [1.807, 2.05) is 6.07 Å². The van der Waals surface area contributed by atoms with Crippen LogP contribution in [-0.4, -0.2) is 24.6 Å². The first-order valence-electron chi connectivity index (χ1n) is 7.47. The summed E-state index contributed by atoms with van der Waals surface area (Å²) in [4.78, 5) is 16.7. The van der Waals surface area contributed by atoms with Gasteiger partial charge in [-0.15, -0.1) is 0 Å². The maximum atomic E-state index is 12.4. The van der Waals surface area contributed by atoms with Crippen molar-refractivity contribution < 1.29 is 23.0 Å². The Labute approximate surface area is 152 Å². The van der Waals surface area contributed by atoms with Crippen molar-refractivity contribution in [2.75, 3.05) is 12.4 Å². The first-order chi connectivity index (χ1) is 12.5. The molecule has 0 atom stereocenters. The minimum atomic E-state index is -2.98. The van der Waals surface area contributed by atoms with E-state index >= 15 is 0 Å². The molecule has 0 aliphatic carbocycles. The molecule has 2 aromatic carbocycles. The zero-order valence-electron chi connectivity index (χ0n) is 13.5. The van der Waals surface area contributed by atoms with Crippen LogP contribution in [0.3, 0.4) is 0 Å². The van der Waals surface area contributed by atoms with Gasteiger partial charge in [-0.2, -0.15) is 8.78 Å². The molecule has 8 heteroatoms. The van der Waals surface area contributed by atoms with Gasteiger partial charge >= 0.3 is 6.61 Å². The molecule has 5 nitrogen and oxygen atoms in total. The predicted octanol–water partition coefficient (Wildman–Crippen LogP) is 4.75. The van der Waals surface area contributed by atoms with E-state index in [1.54, 1.807) is 31.4 Å². The number of anilines is 1. The predicted molar refractivity (Wildman–Crippen MR) is 94.3 cm³/mol. The molecule has 1 heterocycles. The van der Waals surface area contributed by atoms with Crippen LogP contribution in [0.15, 0.2) is 48.5 Å². The number of nitrogens with zero attached hydrogens (tertiary/aromatic N) is 1. The molecule has 0 bridgehead atoms. The SMILES string of the molecule is COc1ccc2nc(C(=O)Nc3ccc(OC(F)F)c(Cl)c3)ccc2c1. The Kier molecular flexibility index (Phi) is 5.18. The zero-order chi connectivity index (χ0) is 18.7. The van der Waals surface area contributed by atoms with Crippen LogP contribution < -0.4 is 14.8 Å². The van der Waals surface area contributed by atoms with Gasteiger partial charge in [0, 0.05) is 11.1 Å². The highest BCUT2D eigenvalue weighted by Gasteiger charge is 2.12. The van der Waals surface area contributed by atoms with Crippen LogP contribution in [0, 0.1) is 0 Å². The molecule has 0 saturated carbocycles. The summed E-state index contributed by atoms with van der Waals surface area (Å²) in [5, 5.41) is 3.40. The Balaban J connectivity index is 1.79. The van der Waals surface area contributed by atoms with Gasteiger partial charge in [0.1, 0.15) is 17.2 Å². The molecule has 0 spiro atoms. The summed E-state index contributed by atoms with van der Waals surface area (Å²) in [6, 6.07) is 12.6. The van der Waals surface area contributed by atoms with Crippen molar-refractivity contribution in [3.8, 4) is 11.5 Å². The number of hydrogen-bond acceptors (Lipinski definition) is 4. The molecule has 0 unspecified atom stereocenters. The summed E-state index contributed by atoms with van der Waals surface area (Å²) in [7, 11) is 1.57. The van der Waals surface area contributed by atoms with Crippen LogP contribution in [-0.2, 0) is 0 Å². The van der Waals surface area contributed by atoms with Gasteiger partial charge in [0.25, 0.3) is 5.91 Å². The van der Waals surface area contributed by atoms with E-state index in [2.05, 4.69) is 15.0 Å². The molecule has 0 aliphatic rings. The number of fused-ring (bicyclic) bond motifs is 1. The smallest absolute Gasteiger partial charge is 0.387 e. The number of aromatic nitrogens is 1. The molecule has 0 aliphatic heterocycles. The third kappa shape index (κ3) is 4.00. The first kappa shape index (κ1) is 17.9. The van der Waals surface area contributed by atoms with Crippen LogP contribution in [0.25, 0.3) is 10.9 Å². The summed E-state index contributed by atoms with van der Waals surface area (Å²) in [5.41, 5.74) is 1.17. The topological polar surface area (TPSA) is 60.5 Å². The van der Waals surface area contributed by atoms with E-state index in [0.717, 1.165) is 5.39 Å². The Bertz CT molecular complexity index is 966. The van der Waals surface area contributed by atoms with Crippen molar-refractivity contribution in [3.05, 3.63) is 59.2 Å². The highest BCUT2D eigenvalue weighted by molar-refractivity contribution is 6.32. The third-order valence-corrected chi connectivity index (χ3v) is 3.83. The number of rotatable bonds is 5. The van der Waals surface area contributed by atoms with Crippen molar-refractivity contribution >= 4 is 34.1 Å². The largest absolute Gasteiger partial charge is 0.497 e. The number of amides is 1. The monoisotopic (exact) mass is 378 g/mol. The number of benzene rings is 2. The molecule has 0 saturated heterocycles. The minimum absolute atomic E-state index is 0.0401. The molecule has 3 rings (SSSR count). The van der Waals surface area contributed by atoms with Crippen LogP contribution in [0.4, 0.5) is 14.5 Å². The molecule has 3 aromatic rings. The van der Waals surface area contributed by atoms with E-state index < -0.39 is 12.5 Å². The van der Waals surface area contributed by atoms with Crippen molar-refractivity contribution in [3.63, 3.8) is 0 Å². The Hall–Kier alpha value is -2.93. The Morgan fingerprint density at radius 1 is 1.15 bits per heavy atom. The number of alkyl halides is 2. The quantitative estimate of drug-likeness (QED) is 0.696. The number of carbonyl (C=O) groups excluding carboxylic acids is 1. The molecule has 0 radical (unpaired) electrons. The number of ether oxygens (including phenoxy) is 2. The second kappa shape index (κ2) is 7.53. The highest BCUT2D eigenvalue weighted by Crippen LogP contribution is 2.29. The molecule has 1 amide bonds. The van der Waals surface area contributed by atoms with Gasteiger partial charge in [-0.1, -0.05) is 17.7 Å². The number of methoxy groups -OCH3 is 1. The molecule has 134 valence electrons. The normalized spacial score (nSPS) is 10.8. The number of pyridine rings is 1. The van der Waals surface area contributed by atoms with Gasteiger partial charge in [-0.05, 0) is 42.5 Å². The summed E-state index contributed by atoms with van der Waals surface area (Å²) < 4.78 is 33.9. The van der Waals surface area contributed by atoms with Gasteiger partial charge in [0.2, 0.25) is 0 Å². The maximum absolute atomic E-state index is 12.4. The molecular formula is C18H13ClF2N2O3. The summed E-state index contributed by atoms with van der Waals surface area (Å²) in [5.74, 6) is 0.0657. The van der Waals surface area contributed by atoms with Crippen LogP contribution in [0.2, 0.25) is 5.02 Å². The van der Waals surface area contributed by atoms with E-state index in [4.69, 9.17) is 16.3 Å².